The van der Waals surface area contributed by atoms with E-state index in [2.05, 4.69) is 10.3 Å². The number of carbonyl (C=O) groups is 2. The number of Topliss-reactive ketones (excluding diaryl/α,β-unsaturated/α-hetero) is 1. The molecule has 0 radical (unpaired) electrons. The Morgan fingerprint density at radius 3 is 2.50 bits per heavy atom. The fourth-order valence-corrected chi connectivity index (χ4v) is 3.60. The van der Waals surface area contributed by atoms with Gasteiger partial charge >= 0.3 is 0 Å². The van der Waals surface area contributed by atoms with Crippen molar-refractivity contribution >= 4 is 23.0 Å². The van der Waals surface area contributed by atoms with E-state index in [0.29, 0.717) is 31.4 Å². The lowest BCUT2D eigenvalue weighted by Crippen LogP contribution is -2.25. The molecule has 4 nitrogen and oxygen atoms in total. The summed E-state index contributed by atoms with van der Waals surface area (Å²) in [6, 6.07) is 15.5. The second-order valence-electron chi connectivity index (χ2n) is 6.39. The Morgan fingerprint density at radius 2 is 1.75 bits per heavy atom. The zero-order valence-electron chi connectivity index (χ0n) is 15.4. The molecule has 0 bridgehead atoms. The molecule has 1 heterocycles. The number of benzene rings is 2. The Balaban J connectivity index is 1.35. The van der Waals surface area contributed by atoms with Gasteiger partial charge in [-0.15, -0.1) is 11.3 Å². The Hall–Kier alpha value is -2.86. The molecular weight excluding hydrogens is 375 g/mol. The molecule has 144 valence electrons. The SMILES string of the molecule is O=C(CCCC(=O)c1ccc(F)cc1)NCCc1csc(-c2ccccc2)n1. The molecule has 0 aliphatic carbocycles. The van der Waals surface area contributed by atoms with Gasteiger partial charge in [0.1, 0.15) is 10.8 Å². The zero-order valence-corrected chi connectivity index (χ0v) is 16.2. The number of carbonyl (C=O) groups excluding carboxylic acids is 2. The van der Waals surface area contributed by atoms with Gasteiger partial charge in [0.05, 0.1) is 5.69 Å². The Labute approximate surface area is 167 Å². The first-order valence-corrected chi connectivity index (χ1v) is 10.0. The van der Waals surface area contributed by atoms with Gasteiger partial charge in [0.25, 0.3) is 0 Å². The summed E-state index contributed by atoms with van der Waals surface area (Å²) < 4.78 is 12.9. The third-order valence-corrected chi connectivity index (χ3v) is 5.19. The molecule has 0 aliphatic heterocycles. The average molecular weight is 396 g/mol. The van der Waals surface area contributed by atoms with Crippen molar-refractivity contribution in [2.45, 2.75) is 25.7 Å². The second-order valence-corrected chi connectivity index (χ2v) is 7.25. The number of nitrogens with zero attached hydrogens (tertiary/aromatic N) is 1. The molecule has 1 amide bonds. The Kier molecular flexibility index (Phi) is 7.03. The van der Waals surface area contributed by atoms with E-state index < -0.39 is 0 Å². The molecule has 0 saturated heterocycles. The maximum Gasteiger partial charge on any atom is 0.220 e. The van der Waals surface area contributed by atoms with E-state index in [4.69, 9.17) is 0 Å². The van der Waals surface area contributed by atoms with Crippen LogP contribution in [0, 0.1) is 5.82 Å². The summed E-state index contributed by atoms with van der Waals surface area (Å²) in [5.41, 5.74) is 2.52. The summed E-state index contributed by atoms with van der Waals surface area (Å²) >= 11 is 1.59. The number of thiazole rings is 1. The zero-order chi connectivity index (χ0) is 19.8. The maximum absolute atomic E-state index is 12.9. The van der Waals surface area contributed by atoms with Gasteiger partial charge in [0, 0.05) is 42.3 Å². The third-order valence-electron chi connectivity index (χ3n) is 4.25. The fourth-order valence-electron chi connectivity index (χ4n) is 2.74. The number of hydrogen-bond donors (Lipinski definition) is 1. The van der Waals surface area contributed by atoms with Gasteiger partial charge in [-0.1, -0.05) is 30.3 Å². The molecule has 0 saturated carbocycles. The smallest absolute Gasteiger partial charge is 0.220 e. The van der Waals surface area contributed by atoms with Gasteiger partial charge in [-0.3, -0.25) is 9.59 Å². The summed E-state index contributed by atoms with van der Waals surface area (Å²) in [5, 5.41) is 5.85. The van der Waals surface area contributed by atoms with Crippen LogP contribution in [0.25, 0.3) is 10.6 Å². The molecule has 0 aliphatic rings. The molecule has 3 aromatic rings. The first-order valence-electron chi connectivity index (χ1n) is 9.17. The quantitative estimate of drug-likeness (QED) is 0.535. The molecular formula is C22H21FN2O2S. The molecule has 28 heavy (non-hydrogen) atoms. The normalized spacial score (nSPS) is 10.6. The minimum absolute atomic E-state index is 0.0783. The van der Waals surface area contributed by atoms with Crippen molar-refractivity contribution in [3.05, 3.63) is 77.1 Å². The second kappa shape index (κ2) is 9.90. The van der Waals surface area contributed by atoms with Gasteiger partial charge in [0.2, 0.25) is 5.91 Å². The average Bonchev–Trinajstić information content (AvgIpc) is 3.18. The predicted octanol–water partition coefficient (Wildman–Crippen LogP) is 4.66. The standard InChI is InChI=1S/C22H21FN2O2S/c23-18-11-9-16(10-12-18)20(26)7-4-8-21(27)24-14-13-19-15-28-22(25-19)17-5-2-1-3-6-17/h1-3,5-6,9-12,15H,4,7-8,13-14H2,(H,24,27). The highest BCUT2D eigenvalue weighted by Gasteiger charge is 2.09. The number of amides is 1. The summed E-state index contributed by atoms with van der Waals surface area (Å²) in [7, 11) is 0. The Morgan fingerprint density at radius 1 is 1.00 bits per heavy atom. The van der Waals surface area contributed by atoms with Gasteiger partial charge in [0.15, 0.2) is 5.78 Å². The molecule has 2 aromatic carbocycles. The number of aromatic nitrogens is 1. The van der Waals surface area contributed by atoms with Crippen LogP contribution in [0.4, 0.5) is 4.39 Å². The van der Waals surface area contributed by atoms with Gasteiger partial charge in [-0.25, -0.2) is 9.37 Å². The van der Waals surface area contributed by atoms with Crippen molar-refractivity contribution in [1.29, 1.82) is 0 Å². The van der Waals surface area contributed by atoms with Crippen molar-refractivity contribution in [3.63, 3.8) is 0 Å². The maximum atomic E-state index is 12.9. The van der Waals surface area contributed by atoms with Crippen LogP contribution in [-0.2, 0) is 11.2 Å². The lowest BCUT2D eigenvalue weighted by molar-refractivity contribution is -0.121. The molecule has 0 unspecified atom stereocenters. The number of rotatable bonds is 9. The van der Waals surface area contributed by atoms with Gasteiger partial charge in [-0.05, 0) is 30.7 Å². The van der Waals surface area contributed by atoms with Crippen LogP contribution in [-0.4, -0.2) is 23.2 Å². The topological polar surface area (TPSA) is 59.1 Å². The number of halogens is 1. The van der Waals surface area contributed by atoms with Crippen LogP contribution in [0.5, 0.6) is 0 Å². The van der Waals surface area contributed by atoms with Crippen molar-refractivity contribution in [1.82, 2.24) is 10.3 Å². The van der Waals surface area contributed by atoms with Crippen LogP contribution in [0.3, 0.4) is 0 Å². The van der Waals surface area contributed by atoms with Gasteiger partial charge < -0.3 is 5.32 Å². The van der Waals surface area contributed by atoms with Crippen molar-refractivity contribution < 1.29 is 14.0 Å². The predicted molar refractivity (Wildman–Crippen MR) is 109 cm³/mol. The van der Waals surface area contributed by atoms with Crippen molar-refractivity contribution in [3.8, 4) is 10.6 Å². The highest BCUT2D eigenvalue weighted by Crippen LogP contribution is 2.23. The van der Waals surface area contributed by atoms with Crippen LogP contribution in [0.15, 0.2) is 60.0 Å². The Bertz CT molecular complexity index is 923. The first kappa shape index (κ1) is 19.9. The van der Waals surface area contributed by atoms with E-state index in [1.54, 1.807) is 11.3 Å². The molecule has 6 heteroatoms. The number of ketones is 1. The molecule has 0 spiro atoms. The van der Waals surface area contributed by atoms with E-state index in [-0.39, 0.29) is 23.9 Å². The van der Waals surface area contributed by atoms with Crippen LogP contribution in [0.2, 0.25) is 0 Å². The van der Waals surface area contributed by atoms with Crippen LogP contribution in [0.1, 0.15) is 35.3 Å². The van der Waals surface area contributed by atoms with Gasteiger partial charge in [-0.2, -0.15) is 0 Å². The highest BCUT2D eigenvalue weighted by molar-refractivity contribution is 7.13. The van der Waals surface area contributed by atoms with Crippen LogP contribution >= 0.6 is 11.3 Å². The highest BCUT2D eigenvalue weighted by atomic mass is 32.1. The first-order chi connectivity index (χ1) is 13.6. The minimum Gasteiger partial charge on any atom is -0.356 e. The van der Waals surface area contributed by atoms with E-state index in [0.717, 1.165) is 16.3 Å². The largest absolute Gasteiger partial charge is 0.356 e. The summed E-state index contributed by atoms with van der Waals surface area (Å²) in [6.07, 6.45) is 1.70. The molecule has 0 fully saturated rings. The number of nitrogens with one attached hydrogen (secondary N) is 1. The summed E-state index contributed by atoms with van der Waals surface area (Å²) in [4.78, 5) is 28.5. The number of hydrogen-bond acceptors (Lipinski definition) is 4. The van der Waals surface area contributed by atoms with E-state index in [1.165, 1.54) is 24.3 Å². The summed E-state index contributed by atoms with van der Waals surface area (Å²) in [5.74, 6) is -0.527. The lowest BCUT2D eigenvalue weighted by atomic mass is 10.1. The molecule has 1 N–H and O–H groups in total. The molecule has 1 aromatic heterocycles. The molecule has 0 atom stereocenters. The van der Waals surface area contributed by atoms with E-state index in [9.17, 15) is 14.0 Å². The summed E-state index contributed by atoms with van der Waals surface area (Å²) in [6.45, 7) is 0.517. The van der Waals surface area contributed by atoms with E-state index in [1.807, 2.05) is 35.7 Å². The molecule has 3 rings (SSSR count). The van der Waals surface area contributed by atoms with Crippen LogP contribution < -0.4 is 5.32 Å². The van der Waals surface area contributed by atoms with Crippen molar-refractivity contribution in [2.24, 2.45) is 0 Å². The lowest BCUT2D eigenvalue weighted by Gasteiger charge is -2.04. The van der Waals surface area contributed by atoms with E-state index >= 15 is 0 Å². The third kappa shape index (κ3) is 5.82. The van der Waals surface area contributed by atoms with Crippen molar-refractivity contribution in [2.75, 3.05) is 6.54 Å². The minimum atomic E-state index is -0.369. The monoisotopic (exact) mass is 396 g/mol. The fraction of sp³-hybridized carbons (Fsp3) is 0.227.